The number of rotatable bonds is 3. The second kappa shape index (κ2) is 7.21. The van der Waals surface area contributed by atoms with Crippen molar-refractivity contribution in [3.05, 3.63) is 0 Å². The van der Waals surface area contributed by atoms with Crippen molar-refractivity contribution >= 4 is 21.2 Å². The maximum Gasteiger partial charge on any atom is 1.00 e. The SMILES string of the molecule is CCCC1N[C@H]([C-]=O)C[Se]1.[K+]. The van der Waals surface area contributed by atoms with Gasteiger partial charge in [-0.2, -0.15) is 0 Å². The molecule has 1 aliphatic heterocycles. The summed E-state index contributed by atoms with van der Waals surface area (Å²) in [5, 5.41) is 4.29. The van der Waals surface area contributed by atoms with E-state index in [4.69, 9.17) is 0 Å². The van der Waals surface area contributed by atoms with Gasteiger partial charge in [0.25, 0.3) is 0 Å². The Morgan fingerprint density at radius 3 is 2.91 bits per heavy atom. The Balaban J connectivity index is 0.000001000. The second-order valence-corrected chi connectivity index (χ2v) is 5.04. The Morgan fingerprint density at radius 1 is 1.73 bits per heavy atom. The largest absolute Gasteiger partial charge is 1.00 e. The van der Waals surface area contributed by atoms with E-state index >= 15 is 0 Å². The molecule has 0 radical (unpaired) electrons. The minimum atomic E-state index is 0. The van der Waals surface area contributed by atoms with E-state index in [2.05, 4.69) is 12.2 Å². The first kappa shape index (κ1) is 12.8. The monoisotopic (exact) mass is 245 g/mol. The second-order valence-electron chi connectivity index (χ2n) is 2.45. The molecule has 2 atom stereocenters. The van der Waals surface area contributed by atoms with Gasteiger partial charge in [0.05, 0.1) is 0 Å². The summed E-state index contributed by atoms with van der Waals surface area (Å²) in [6.07, 6.45) is 4.44. The molecule has 1 aliphatic rings. The number of hydrogen-bond acceptors (Lipinski definition) is 2. The molecule has 58 valence electrons. The van der Waals surface area contributed by atoms with Crippen molar-refractivity contribution in [3.63, 3.8) is 0 Å². The van der Waals surface area contributed by atoms with Crippen LogP contribution in [0.5, 0.6) is 0 Å². The predicted molar refractivity (Wildman–Crippen MR) is 41.9 cm³/mol. The Morgan fingerprint density at radius 2 is 2.45 bits per heavy atom. The van der Waals surface area contributed by atoms with Crippen LogP contribution in [0.2, 0.25) is 5.32 Å². The maximum absolute atomic E-state index is 10.2. The Bertz CT molecular complexity index is 123. The molecule has 11 heavy (non-hydrogen) atoms. The maximum atomic E-state index is 10.2. The minimum absolute atomic E-state index is 0. The van der Waals surface area contributed by atoms with E-state index < -0.39 is 0 Å². The molecule has 0 spiro atoms. The van der Waals surface area contributed by atoms with Crippen LogP contribution >= 0.6 is 0 Å². The van der Waals surface area contributed by atoms with Crippen LogP contribution in [0.1, 0.15) is 19.8 Å². The fourth-order valence-corrected chi connectivity index (χ4v) is 3.66. The molecule has 1 saturated heterocycles. The quantitative estimate of drug-likeness (QED) is 0.433. The van der Waals surface area contributed by atoms with E-state index in [9.17, 15) is 4.79 Å². The third-order valence-corrected chi connectivity index (χ3v) is 4.27. The molecule has 0 aromatic heterocycles. The first-order chi connectivity index (χ1) is 4.86. The molecule has 0 bridgehead atoms. The first-order valence-electron chi connectivity index (χ1n) is 3.62. The van der Waals surface area contributed by atoms with Crippen molar-refractivity contribution in [2.45, 2.75) is 36.1 Å². The molecule has 0 aromatic rings. The average molecular weight is 244 g/mol. The van der Waals surface area contributed by atoms with E-state index in [1.807, 2.05) is 6.29 Å². The molecule has 1 unspecified atom stereocenters. The summed E-state index contributed by atoms with van der Waals surface area (Å²) in [4.78, 5) is 10.8. The molecule has 0 amide bonds. The Labute approximate surface area is 117 Å². The van der Waals surface area contributed by atoms with Crippen molar-refractivity contribution in [1.82, 2.24) is 5.32 Å². The van der Waals surface area contributed by atoms with Gasteiger partial charge in [-0.05, 0) is 0 Å². The Kier molecular flexibility index (Phi) is 8.39. The summed E-state index contributed by atoms with van der Waals surface area (Å²) in [6.45, 7) is 2.18. The summed E-state index contributed by atoms with van der Waals surface area (Å²) < 4.78 is 0. The summed E-state index contributed by atoms with van der Waals surface area (Å²) in [5.41, 5.74) is 0. The van der Waals surface area contributed by atoms with Crippen molar-refractivity contribution in [2.75, 3.05) is 0 Å². The first-order valence-corrected chi connectivity index (χ1v) is 5.82. The van der Waals surface area contributed by atoms with Crippen LogP contribution in [-0.2, 0) is 4.79 Å². The van der Waals surface area contributed by atoms with Crippen molar-refractivity contribution in [1.29, 1.82) is 0 Å². The molecule has 0 aromatic carbocycles. The molecule has 0 aliphatic carbocycles. The summed E-state index contributed by atoms with van der Waals surface area (Å²) in [5.74, 6) is 0. The number of hydrogen-bond donors (Lipinski definition) is 1. The summed E-state index contributed by atoms with van der Waals surface area (Å²) in [6, 6.07) is 0.0524. The van der Waals surface area contributed by atoms with Crippen molar-refractivity contribution in [2.24, 2.45) is 0 Å². The van der Waals surface area contributed by atoms with Gasteiger partial charge in [0.2, 0.25) is 0 Å². The van der Waals surface area contributed by atoms with Crippen LogP contribution in [0.4, 0.5) is 0 Å². The summed E-state index contributed by atoms with van der Waals surface area (Å²) >= 11 is 0.637. The van der Waals surface area contributed by atoms with Gasteiger partial charge >= 0.3 is 119 Å². The van der Waals surface area contributed by atoms with Gasteiger partial charge in [-0.25, -0.2) is 0 Å². The molecule has 1 rings (SSSR count). The average Bonchev–Trinajstić information content (AvgIpc) is 2.37. The van der Waals surface area contributed by atoms with Gasteiger partial charge in [0.15, 0.2) is 0 Å². The minimum Gasteiger partial charge on any atom is 1.00 e. The number of carbonyl (C=O) groups excluding carboxylic acids is 1. The van der Waals surface area contributed by atoms with E-state index in [0.29, 0.717) is 19.9 Å². The van der Waals surface area contributed by atoms with Crippen LogP contribution in [0.3, 0.4) is 0 Å². The fraction of sp³-hybridized carbons (Fsp3) is 0.857. The van der Waals surface area contributed by atoms with Crippen LogP contribution in [-0.4, -0.2) is 32.2 Å². The van der Waals surface area contributed by atoms with Crippen LogP contribution in [0, 0.1) is 0 Å². The van der Waals surface area contributed by atoms with E-state index in [1.54, 1.807) is 0 Å². The molecule has 1 fully saturated rings. The van der Waals surface area contributed by atoms with E-state index in [0.717, 1.165) is 5.32 Å². The molecule has 1 heterocycles. The zero-order chi connectivity index (χ0) is 7.40. The van der Waals surface area contributed by atoms with Gasteiger partial charge in [0, 0.05) is 0 Å². The zero-order valence-electron chi connectivity index (χ0n) is 7.09. The predicted octanol–water partition coefficient (Wildman–Crippen LogP) is -2.68. The third-order valence-electron chi connectivity index (χ3n) is 1.54. The van der Waals surface area contributed by atoms with Gasteiger partial charge in [-0.1, -0.05) is 0 Å². The normalized spacial score (nSPS) is 29.5. The van der Waals surface area contributed by atoms with Gasteiger partial charge < -0.3 is 0 Å². The molecular weight excluding hydrogens is 232 g/mol. The third kappa shape index (κ3) is 4.53. The van der Waals surface area contributed by atoms with Crippen molar-refractivity contribution < 1.29 is 56.2 Å². The van der Waals surface area contributed by atoms with Crippen molar-refractivity contribution in [3.8, 4) is 0 Å². The smallest absolute Gasteiger partial charge is 1.00 e. The van der Waals surface area contributed by atoms with E-state index in [1.165, 1.54) is 12.8 Å². The molecular formula is C7H12KNOSe. The van der Waals surface area contributed by atoms with Gasteiger partial charge in [0.1, 0.15) is 0 Å². The standard InChI is InChI=1S/C7H12NOSe.K/c1-2-3-7-8-6(4-9)5-10-7;/h6-8H,2-3,5H2,1H3;/q-1;+1/t6-,7?;/m1./s1. The zero-order valence-corrected chi connectivity index (χ0v) is 11.9. The van der Waals surface area contributed by atoms with E-state index in [-0.39, 0.29) is 57.4 Å². The van der Waals surface area contributed by atoms with Gasteiger partial charge in [-0.15, -0.1) is 0 Å². The number of nitrogens with one attached hydrogen (secondary N) is 1. The summed E-state index contributed by atoms with van der Waals surface area (Å²) in [7, 11) is 0. The van der Waals surface area contributed by atoms with Crippen LogP contribution < -0.4 is 56.7 Å². The molecule has 2 nitrogen and oxygen atoms in total. The van der Waals surface area contributed by atoms with Crippen LogP contribution in [0.15, 0.2) is 0 Å². The van der Waals surface area contributed by atoms with Crippen LogP contribution in [0.25, 0.3) is 0 Å². The molecule has 1 N–H and O–H groups in total. The topological polar surface area (TPSA) is 29.1 Å². The van der Waals surface area contributed by atoms with Gasteiger partial charge in [-0.3, -0.25) is 0 Å². The Hall–Kier alpha value is 1.79. The fourth-order valence-electron chi connectivity index (χ4n) is 1.03. The molecule has 0 saturated carbocycles. The molecule has 4 heteroatoms.